The second-order valence-corrected chi connectivity index (χ2v) is 13.7. The lowest BCUT2D eigenvalue weighted by Gasteiger charge is -2.41. The summed E-state index contributed by atoms with van der Waals surface area (Å²) in [6.07, 6.45) is 3.32. The Labute approximate surface area is 258 Å². The molecule has 44 heavy (non-hydrogen) atoms. The van der Waals surface area contributed by atoms with Gasteiger partial charge in [-0.1, -0.05) is 61.5 Å². The number of aromatic hydroxyl groups is 1. The van der Waals surface area contributed by atoms with E-state index in [1.807, 2.05) is 67.6 Å². The number of fused-ring (bicyclic) bond motifs is 2. The van der Waals surface area contributed by atoms with E-state index in [9.17, 15) is 18.1 Å². The fourth-order valence-electron chi connectivity index (χ4n) is 7.31. The molecule has 5 heterocycles. The zero-order valence-corrected chi connectivity index (χ0v) is 25.4. The first kappa shape index (κ1) is 30.2. The Morgan fingerprint density at radius 3 is 2.20 bits per heavy atom. The Kier molecular flexibility index (Phi) is 8.41. The molecule has 9 nitrogen and oxygen atoms in total. The van der Waals surface area contributed by atoms with Gasteiger partial charge in [-0.3, -0.25) is 4.55 Å². The number of benzene rings is 3. The van der Waals surface area contributed by atoms with Crippen molar-refractivity contribution in [3.05, 3.63) is 107 Å². The molecule has 0 saturated carbocycles. The topological polar surface area (TPSA) is 157 Å². The standard InChI is InChI=1S/C34H39N3O6S/c1-2-20-19-30(44(39,40)41)29-18-26-17-25(15-16-42-32(26)23-7-11-27(38)12-8-23)31(29)22-3-5-24(6-4-22)33(37-34(35)36)43-28-13-9-21(20)10-14-28/h3-14,18,20,25,29-33,38H,2,15-17,19H2,1H3,(H4,35,36,37)(H,39,40,41)/t20-,25+,29-,30+,31-,32-,33-/m0/s1. The molecular weight excluding hydrogens is 578 g/mol. The highest BCUT2D eigenvalue weighted by Crippen LogP contribution is 2.52. The highest BCUT2D eigenvalue weighted by Gasteiger charge is 2.46. The zero-order chi connectivity index (χ0) is 31.0. The predicted molar refractivity (Wildman–Crippen MR) is 169 cm³/mol. The van der Waals surface area contributed by atoms with Crippen LogP contribution in [0.1, 0.15) is 79.0 Å². The molecule has 0 aromatic heterocycles. The maximum atomic E-state index is 13.4. The first-order chi connectivity index (χ1) is 21.1. The number of ether oxygens (including phenoxy) is 2. The van der Waals surface area contributed by atoms with E-state index in [2.05, 4.69) is 11.1 Å². The lowest BCUT2D eigenvalue weighted by molar-refractivity contribution is 0.0813. The van der Waals surface area contributed by atoms with E-state index in [0.29, 0.717) is 18.8 Å². The van der Waals surface area contributed by atoms with E-state index < -0.39 is 27.5 Å². The molecule has 5 aliphatic heterocycles. The fraction of sp³-hybridized carbons (Fsp3) is 0.382. The summed E-state index contributed by atoms with van der Waals surface area (Å²) in [6.45, 7) is 2.53. The van der Waals surface area contributed by atoms with Crippen molar-refractivity contribution in [1.82, 2.24) is 0 Å². The van der Waals surface area contributed by atoms with Gasteiger partial charge in [-0.05, 0) is 90.0 Å². The third kappa shape index (κ3) is 6.20. The van der Waals surface area contributed by atoms with Crippen LogP contribution in [0, 0.1) is 11.8 Å². The molecule has 7 atom stereocenters. The predicted octanol–water partition coefficient (Wildman–Crippen LogP) is 5.70. The fourth-order valence-corrected chi connectivity index (χ4v) is 8.43. The summed E-state index contributed by atoms with van der Waals surface area (Å²) in [4.78, 5) is 4.33. The van der Waals surface area contributed by atoms with Gasteiger partial charge in [0.2, 0.25) is 6.23 Å². The van der Waals surface area contributed by atoms with Gasteiger partial charge in [-0.2, -0.15) is 8.42 Å². The van der Waals surface area contributed by atoms with E-state index in [-0.39, 0.29) is 42.0 Å². The van der Waals surface area contributed by atoms with Gasteiger partial charge in [0.25, 0.3) is 10.1 Å². The van der Waals surface area contributed by atoms with Crippen LogP contribution in [0.4, 0.5) is 0 Å². The van der Waals surface area contributed by atoms with Crippen LogP contribution in [0.5, 0.6) is 11.5 Å². The maximum absolute atomic E-state index is 13.4. The zero-order valence-electron chi connectivity index (χ0n) is 24.6. The molecule has 0 amide bonds. The quantitative estimate of drug-likeness (QED) is 0.126. The van der Waals surface area contributed by atoms with Gasteiger partial charge in [0, 0.05) is 18.1 Å². The average molecular weight is 618 g/mol. The third-order valence-corrected chi connectivity index (χ3v) is 10.7. The first-order valence-electron chi connectivity index (χ1n) is 15.1. The van der Waals surface area contributed by atoms with E-state index in [0.717, 1.165) is 40.7 Å². The minimum Gasteiger partial charge on any atom is -0.508 e. The Bertz CT molecular complexity index is 1630. The van der Waals surface area contributed by atoms with Crippen molar-refractivity contribution in [3.8, 4) is 11.5 Å². The number of nitrogens with two attached hydrogens (primary N) is 2. The van der Waals surface area contributed by atoms with Crippen molar-refractivity contribution >= 4 is 16.1 Å². The van der Waals surface area contributed by atoms with Crippen molar-refractivity contribution in [2.45, 2.75) is 62.0 Å². The lowest BCUT2D eigenvalue weighted by atomic mass is 9.66. The van der Waals surface area contributed by atoms with Crippen molar-refractivity contribution in [3.63, 3.8) is 0 Å². The number of phenols is 1. The molecule has 1 aliphatic carbocycles. The number of nitrogens with zero attached hydrogens (tertiary/aromatic N) is 1. The van der Waals surface area contributed by atoms with Gasteiger partial charge in [-0.15, -0.1) is 0 Å². The van der Waals surface area contributed by atoms with Gasteiger partial charge in [-0.25, -0.2) is 4.99 Å². The number of phenolic OH excluding ortho intramolecular Hbond substituents is 1. The Morgan fingerprint density at radius 1 is 0.932 bits per heavy atom. The number of rotatable bonds is 4. The molecule has 3 aromatic rings. The van der Waals surface area contributed by atoms with Gasteiger partial charge < -0.3 is 26.0 Å². The first-order valence-corrected chi connectivity index (χ1v) is 16.6. The summed E-state index contributed by atoms with van der Waals surface area (Å²) >= 11 is 0. The summed E-state index contributed by atoms with van der Waals surface area (Å²) in [5.74, 6) is -0.0845. The van der Waals surface area contributed by atoms with Crippen LogP contribution in [0.15, 0.2) is 89.4 Å². The van der Waals surface area contributed by atoms with Crippen LogP contribution < -0.4 is 16.2 Å². The van der Waals surface area contributed by atoms with Crippen LogP contribution in [-0.2, 0) is 14.9 Å². The SMILES string of the molecule is CC[C@H]1C[C@@H](S(=O)(=O)O)[C@@H]2C=C3C[C@@H](CCO[C@H]3c3ccc(O)cc3)[C@@H]2c2ccc(cc2)[C@@H](N=C(N)N)Oc2ccc1cc2. The molecule has 3 aromatic carbocycles. The smallest absolute Gasteiger partial charge is 0.268 e. The number of allylic oxidation sites excluding steroid dienone is 1. The Hall–Kier alpha value is -3.86. The van der Waals surface area contributed by atoms with E-state index in [1.54, 1.807) is 12.1 Å². The monoisotopic (exact) mass is 617 g/mol. The van der Waals surface area contributed by atoms with Gasteiger partial charge >= 0.3 is 0 Å². The van der Waals surface area contributed by atoms with Gasteiger partial charge in [0.15, 0.2) is 5.96 Å². The second kappa shape index (κ2) is 12.3. The van der Waals surface area contributed by atoms with Gasteiger partial charge in [0.05, 0.1) is 5.25 Å². The number of hydrogen-bond acceptors (Lipinski definition) is 6. The molecule has 0 radical (unpaired) electrons. The van der Waals surface area contributed by atoms with E-state index >= 15 is 0 Å². The van der Waals surface area contributed by atoms with Crippen LogP contribution >= 0.6 is 0 Å². The molecule has 0 spiro atoms. The summed E-state index contributed by atoms with van der Waals surface area (Å²) in [6, 6.07) is 22.3. The molecule has 0 unspecified atom stereocenters. The minimum atomic E-state index is -4.46. The normalized spacial score (nSPS) is 28.4. The summed E-state index contributed by atoms with van der Waals surface area (Å²) in [5, 5.41) is 8.84. The number of hydrogen-bond donors (Lipinski definition) is 4. The summed E-state index contributed by atoms with van der Waals surface area (Å²) < 4.78 is 50.2. The van der Waals surface area contributed by atoms with E-state index in [1.165, 1.54) is 0 Å². The molecule has 1 fully saturated rings. The molecule has 9 rings (SSSR count). The Balaban J connectivity index is 1.53. The van der Waals surface area contributed by atoms with Crippen molar-refractivity contribution < 1.29 is 27.6 Å². The molecular formula is C34H39N3O6S. The molecule has 6 N–H and O–H groups in total. The van der Waals surface area contributed by atoms with E-state index in [4.69, 9.17) is 20.9 Å². The van der Waals surface area contributed by atoms with Crippen LogP contribution in [-0.4, -0.2) is 35.9 Å². The molecule has 6 aliphatic rings. The van der Waals surface area contributed by atoms with Crippen molar-refractivity contribution in [2.75, 3.05) is 6.61 Å². The maximum Gasteiger partial charge on any atom is 0.268 e. The summed E-state index contributed by atoms with van der Waals surface area (Å²) in [7, 11) is -4.46. The largest absolute Gasteiger partial charge is 0.508 e. The van der Waals surface area contributed by atoms with Gasteiger partial charge in [0.1, 0.15) is 17.6 Å². The van der Waals surface area contributed by atoms with Crippen LogP contribution in [0.25, 0.3) is 0 Å². The molecule has 6 bridgehead atoms. The average Bonchev–Trinajstić information content (AvgIpc) is 3.16. The van der Waals surface area contributed by atoms with Crippen molar-refractivity contribution in [2.24, 2.45) is 28.3 Å². The highest BCUT2D eigenvalue weighted by molar-refractivity contribution is 7.86. The number of guanidine groups is 1. The van der Waals surface area contributed by atoms with Crippen molar-refractivity contribution in [1.29, 1.82) is 0 Å². The van der Waals surface area contributed by atoms with Crippen LogP contribution in [0.3, 0.4) is 0 Å². The molecule has 10 heteroatoms. The summed E-state index contributed by atoms with van der Waals surface area (Å²) in [5.41, 5.74) is 16.1. The minimum absolute atomic E-state index is 0.0802. The van der Waals surface area contributed by atoms with Crippen LogP contribution in [0.2, 0.25) is 0 Å². The molecule has 1 saturated heterocycles. The molecule has 232 valence electrons. The highest BCUT2D eigenvalue weighted by atomic mass is 32.2. The lowest BCUT2D eigenvalue weighted by Crippen LogP contribution is -2.39. The number of aliphatic imine (C=N–C) groups is 1. The third-order valence-electron chi connectivity index (χ3n) is 9.43. The Morgan fingerprint density at radius 2 is 1.57 bits per heavy atom. The second-order valence-electron chi connectivity index (χ2n) is 12.1.